The van der Waals surface area contributed by atoms with Crippen LogP contribution in [-0.4, -0.2) is 12.5 Å². The van der Waals surface area contributed by atoms with Gasteiger partial charge >= 0.3 is 0 Å². The summed E-state index contributed by atoms with van der Waals surface area (Å²) in [4.78, 5) is 10.3. The summed E-state index contributed by atoms with van der Waals surface area (Å²) in [5.74, 6) is -0.624. The highest BCUT2D eigenvalue weighted by Crippen LogP contribution is 1.85. The Morgan fingerprint density at radius 2 is 2.38 bits per heavy atom. The molecule has 0 aliphatic carbocycles. The minimum Gasteiger partial charge on any atom is -0.356 e. The average Bonchev–Trinajstić information content (AvgIpc) is 1.59. The van der Waals surface area contributed by atoms with Crippen molar-refractivity contribution in [1.29, 1.82) is 0 Å². The number of hydrogen-bond donors (Lipinski definition) is 1. The van der Waals surface area contributed by atoms with Crippen molar-refractivity contribution in [3.63, 3.8) is 0 Å². The average molecular weight is 116 g/mol. The summed E-state index contributed by atoms with van der Waals surface area (Å²) in [6.45, 7) is 5.37. The summed E-state index contributed by atoms with van der Waals surface area (Å²) >= 11 is 0. The van der Waals surface area contributed by atoms with Gasteiger partial charge in [-0.25, -0.2) is 0 Å². The second-order valence-electron chi connectivity index (χ2n) is 2.12. The molecule has 0 aromatic carbocycles. The van der Waals surface area contributed by atoms with Crippen LogP contribution < -0.4 is 5.32 Å². The molecule has 8 heavy (non-hydrogen) atoms. The normalized spacial score (nSPS) is 12.6. The molecule has 0 bridgehead atoms. The summed E-state index contributed by atoms with van der Waals surface area (Å²) in [6.07, 6.45) is 0. The number of hydrogen-bond acceptors (Lipinski definition) is 1. The molecule has 0 heterocycles. The second-order valence-corrected chi connectivity index (χ2v) is 2.12. The Balaban J connectivity index is 3.39. The Bertz CT molecular complexity index is 106. The first-order chi connectivity index (χ1) is 3.92. The molecule has 0 radical (unpaired) electrons. The van der Waals surface area contributed by atoms with E-state index < -0.39 is 5.89 Å². The van der Waals surface area contributed by atoms with E-state index in [9.17, 15) is 4.79 Å². The fourth-order valence-corrected chi connectivity index (χ4v) is 0.301. The minimum atomic E-state index is -0.550. The Morgan fingerprint density at radius 1 is 1.88 bits per heavy atom. The maximum atomic E-state index is 10.3. The van der Waals surface area contributed by atoms with Crippen LogP contribution in [0.15, 0.2) is 0 Å². The highest BCUT2D eigenvalue weighted by molar-refractivity contribution is 5.72. The van der Waals surface area contributed by atoms with Crippen LogP contribution in [0.2, 0.25) is 0 Å². The Morgan fingerprint density at radius 3 is 2.50 bits per heavy atom. The first-order valence-electron chi connectivity index (χ1n) is 3.16. The van der Waals surface area contributed by atoms with Gasteiger partial charge in [-0.2, -0.15) is 0 Å². The van der Waals surface area contributed by atoms with Gasteiger partial charge in [0.25, 0.3) is 0 Å². The molecule has 0 spiro atoms. The quantitative estimate of drug-likeness (QED) is 0.567. The molecule has 0 saturated heterocycles. The molecule has 0 aromatic rings. The third-order valence-corrected chi connectivity index (χ3v) is 0.691. The van der Waals surface area contributed by atoms with E-state index in [2.05, 4.69) is 5.32 Å². The van der Waals surface area contributed by atoms with E-state index in [4.69, 9.17) is 1.37 Å². The van der Waals surface area contributed by atoms with Crippen LogP contribution in [0.3, 0.4) is 0 Å². The van der Waals surface area contributed by atoms with Crippen molar-refractivity contribution in [2.75, 3.05) is 6.54 Å². The number of carbonyl (C=O) groups is 1. The van der Waals surface area contributed by atoms with Crippen LogP contribution in [-0.2, 0) is 4.79 Å². The zero-order chi connectivity index (χ0) is 7.49. The first-order valence-corrected chi connectivity index (χ1v) is 2.66. The van der Waals surface area contributed by atoms with Gasteiger partial charge in [-0.15, -0.1) is 0 Å². The van der Waals surface area contributed by atoms with Gasteiger partial charge < -0.3 is 5.32 Å². The SMILES string of the molecule is [2H]C(C)(C)CNC(C)=O. The molecule has 0 saturated carbocycles. The summed E-state index contributed by atoms with van der Waals surface area (Å²) in [5, 5.41) is 2.56. The van der Waals surface area contributed by atoms with Crippen molar-refractivity contribution in [2.45, 2.75) is 20.8 Å². The second kappa shape index (κ2) is 3.47. The topological polar surface area (TPSA) is 29.1 Å². The van der Waals surface area contributed by atoms with Crippen LogP contribution in [0.25, 0.3) is 0 Å². The van der Waals surface area contributed by atoms with Gasteiger partial charge in [0, 0.05) is 14.8 Å². The molecule has 0 aliphatic heterocycles. The van der Waals surface area contributed by atoms with Gasteiger partial charge in [0.1, 0.15) is 0 Å². The monoisotopic (exact) mass is 116 g/mol. The van der Waals surface area contributed by atoms with Gasteiger partial charge in [0.05, 0.1) is 0 Å². The molecule has 0 fully saturated rings. The highest BCUT2D eigenvalue weighted by atomic mass is 16.1. The smallest absolute Gasteiger partial charge is 0.216 e. The van der Waals surface area contributed by atoms with Gasteiger partial charge in [-0.05, 0) is 5.89 Å². The maximum Gasteiger partial charge on any atom is 0.216 e. The molecule has 0 unspecified atom stereocenters. The van der Waals surface area contributed by atoms with Crippen molar-refractivity contribution in [3.8, 4) is 0 Å². The van der Waals surface area contributed by atoms with Crippen molar-refractivity contribution in [1.82, 2.24) is 5.32 Å². The van der Waals surface area contributed by atoms with Crippen LogP contribution in [0.5, 0.6) is 0 Å². The van der Waals surface area contributed by atoms with Crippen LogP contribution >= 0.6 is 0 Å². The van der Waals surface area contributed by atoms with Gasteiger partial charge in [0.15, 0.2) is 0 Å². The number of carbonyl (C=O) groups excluding carboxylic acids is 1. The number of rotatable bonds is 2. The van der Waals surface area contributed by atoms with Crippen molar-refractivity contribution in [2.24, 2.45) is 5.89 Å². The Kier molecular flexibility index (Phi) is 2.43. The van der Waals surface area contributed by atoms with Crippen molar-refractivity contribution < 1.29 is 6.17 Å². The lowest BCUT2D eigenvalue weighted by atomic mass is 10.2. The van der Waals surface area contributed by atoms with E-state index >= 15 is 0 Å². The minimum absolute atomic E-state index is 0.0738. The lowest BCUT2D eigenvalue weighted by molar-refractivity contribution is -0.119. The Hall–Kier alpha value is -0.530. The molecule has 0 aliphatic rings. The molecule has 0 aromatic heterocycles. The molecule has 1 N–H and O–H groups in total. The predicted octanol–water partition coefficient (Wildman–Crippen LogP) is 0.778. The van der Waals surface area contributed by atoms with E-state index in [1.165, 1.54) is 6.92 Å². The molecule has 2 heteroatoms. The third-order valence-electron chi connectivity index (χ3n) is 0.691. The standard InChI is InChI=1S/C6H13NO/c1-5(2)4-7-6(3)8/h5H,4H2,1-3H3,(H,7,8)/i5D. The van der Waals surface area contributed by atoms with Crippen LogP contribution in [0.4, 0.5) is 0 Å². The largest absolute Gasteiger partial charge is 0.356 e. The summed E-state index contributed by atoms with van der Waals surface area (Å²) in [5.41, 5.74) is 0. The lowest BCUT2D eigenvalue weighted by Crippen LogP contribution is -2.24. The third kappa shape index (κ3) is 5.47. The van der Waals surface area contributed by atoms with E-state index in [0.717, 1.165) is 0 Å². The van der Waals surface area contributed by atoms with Gasteiger partial charge in [0.2, 0.25) is 5.91 Å². The van der Waals surface area contributed by atoms with Crippen LogP contribution in [0, 0.1) is 5.89 Å². The van der Waals surface area contributed by atoms with E-state index in [0.29, 0.717) is 6.54 Å². The molecule has 0 atom stereocenters. The molecule has 2 nitrogen and oxygen atoms in total. The maximum absolute atomic E-state index is 10.3. The lowest BCUT2D eigenvalue weighted by Gasteiger charge is -2.02. The molecule has 0 rings (SSSR count). The molecular formula is C6H13NO. The summed E-state index contributed by atoms with van der Waals surface area (Å²) in [7, 11) is 0. The number of amides is 1. The molecule has 48 valence electrons. The zero-order valence-corrected chi connectivity index (χ0v) is 5.62. The van der Waals surface area contributed by atoms with E-state index in [1.54, 1.807) is 13.8 Å². The van der Waals surface area contributed by atoms with E-state index in [1.807, 2.05) is 0 Å². The molecular weight excluding hydrogens is 102 g/mol. The fraction of sp³-hybridized carbons (Fsp3) is 0.833. The summed E-state index contributed by atoms with van der Waals surface area (Å²) in [6, 6.07) is 0. The summed E-state index contributed by atoms with van der Waals surface area (Å²) < 4.78 is 7.31. The Labute approximate surface area is 51.7 Å². The highest BCUT2D eigenvalue weighted by Gasteiger charge is 1.92. The fourth-order valence-electron chi connectivity index (χ4n) is 0.301. The molecule has 1 amide bonds. The predicted molar refractivity (Wildman–Crippen MR) is 33.5 cm³/mol. The van der Waals surface area contributed by atoms with Gasteiger partial charge in [-0.3, -0.25) is 4.79 Å². The number of nitrogens with one attached hydrogen (secondary N) is 1. The van der Waals surface area contributed by atoms with Crippen molar-refractivity contribution >= 4 is 5.91 Å². The van der Waals surface area contributed by atoms with E-state index in [-0.39, 0.29) is 5.91 Å². The first kappa shape index (κ1) is 5.60. The zero-order valence-electron chi connectivity index (χ0n) is 6.62. The van der Waals surface area contributed by atoms with Crippen molar-refractivity contribution in [3.05, 3.63) is 0 Å². The van der Waals surface area contributed by atoms with Crippen LogP contribution in [0.1, 0.15) is 22.1 Å². The van der Waals surface area contributed by atoms with Gasteiger partial charge in [-0.1, -0.05) is 13.8 Å².